The van der Waals surface area contributed by atoms with Gasteiger partial charge in [-0.05, 0) is 55.4 Å². The number of carbonyl (C=O) groups is 4. The van der Waals surface area contributed by atoms with E-state index in [0.29, 0.717) is 24.1 Å². The maximum absolute atomic E-state index is 15.2. The van der Waals surface area contributed by atoms with Crippen molar-refractivity contribution in [3.05, 3.63) is 89.5 Å². The Kier molecular flexibility index (Phi) is 10.8. The van der Waals surface area contributed by atoms with Crippen LogP contribution in [0.4, 0.5) is 5.69 Å². The molecule has 0 aromatic heterocycles. The summed E-state index contributed by atoms with van der Waals surface area (Å²) < 4.78 is 18.5. The topological polar surface area (TPSA) is 135 Å². The van der Waals surface area contributed by atoms with E-state index in [0.717, 1.165) is 11.1 Å². The maximum Gasteiger partial charge on any atom is 0.313 e. The number of amides is 3. The minimum Gasteiger partial charge on any atom is -0.455 e. The molecule has 5 bridgehead atoms. The van der Waals surface area contributed by atoms with Crippen molar-refractivity contribution in [1.29, 1.82) is 0 Å². The number of hydrogen-bond donors (Lipinski definition) is 2. The van der Waals surface area contributed by atoms with Gasteiger partial charge in [0, 0.05) is 25.8 Å². The van der Waals surface area contributed by atoms with E-state index >= 15 is 4.79 Å². The second kappa shape index (κ2) is 15.1. The first-order valence-corrected chi connectivity index (χ1v) is 17.9. The molecule has 11 nitrogen and oxygen atoms in total. The number of anilines is 1. The van der Waals surface area contributed by atoms with Crippen LogP contribution in [0.2, 0.25) is 0 Å². The largest absolute Gasteiger partial charge is 0.455 e. The van der Waals surface area contributed by atoms with Gasteiger partial charge in [-0.3, -0.25) is 19.2 Å². The van der Waals surface area contributed by atoms with Crippen LogP contribution in [0.15, 0.2) is 72.8 Å². The average Bonchev–Trinajstić information content (AvgIpc) is 3.75. The third-order valence-corrected chi connectivity index (χ3v) is 10.5. The molecule has 1 spiro atoms. The van der Waals surface area contributed by atoms with Crippen molar-refractivity contribution in [1.82, 2.24) is 10.2 Å². The average molecular weight is 700 g/mol. The molecule has 51 heavy (non-hydrogen) atoms. The summed E-state index contributed by atoms with van der Waals surface area (Å²) in [6.45, 7) is 7.74. The molecule has 4 aliphatic heterocycles. The minimum absolute atomic E-state index is 0.0632. The van der Waals surface area contributed by atoms with Crippen LogP contribution in [0.3, 0.4) is 0 Å². The number of hydrogen-bond acceptors (Lipinski definition) is 8. The molecule has 2 aromatic carbocycles. The van der Waals surface area contributed by atoms with Crippen LogP contribution >= 0.6 is 0 Å². The number of rotatable bonds is 8. The van der Waals surface area contributed by atoms with E-state index in [1.165, 1.54) is 12.0 Å². The second-order valence-corrected chi connectivity index (χ2v) is 14.6. The van der Waals surface area contributed by atoms with Crippen molar-refractivity contribution in [2.45, 2.75) is 82.9 Å². The monoisotopic (exact) mass is 699 g/mol. The molecule has 2 N–H and O–H groups in total. The zero-order chi connectivity index (χ0) is 36.4. The van der Waals surface area contributed by atoms with Crippen LogP contribution in [0.25, 0.3) is 0 Å². The summed E-state index contributed by atoms with van der Waals surface area (Å²) in [5.74, 6) is -3.79. The van der Waals surface area contributed by atoms with Crippen LogP contribution in [0.1, 0.15) is 55.9 Å². The van der Waals surface area contributed by atoms with Gasteiger partial charge in [0.05, 0.1) is 37.3 Å². The Balaban J connectivity index is 1.50. The van der Waals surface area contributed by atoms with Crippen molar-refractivity contribution >= 4 is 29.4 Å². The zero-order valence-corrected chi connectivity index (χ0v) is 30.0. The van der Waals surface area contributed by atoms with Gasteiger partial charge in [-0.2, -0.15) is 0 Å². The Hall–Kier alpha value is -4.32. The molecule has 0 unspecified atom stereocenters. The zero-order valence-electron chi connectivity index (χ0n) is 30.0. The van der Waals surface area contributed by atoms with Crippen LogP contribution in [-0.2, 0) is 33.4 Å². The predicted octanol–water partition coefficient (Wildman–Crippen LogP) is 3.96. The normalized spacial score (nSPS) is 30.8. The fourth-order valence-electron chi connectivity index (χ4n) is 8.24. The Bertz CT molecular complexity index is 1690. The highest BCUT2D eigenvalue weighted by atomic mass is 16.6. The van der Waals surface area contributed by atoms with Gasteiger partial charge >= 0.3 is 5.97 Å². The number of carbonyl (C=O) groups excluding carboxylic acids is 4. The maximum atomic E-state index is 15.2. The van der Waals surface area contributed by atoms with Gasteiger partial charge in [-0.25, -0.2) is 0 Å². The molecule has 3 amide bonds. The number of methoxy groups -OCH3 is 1. The highest BCUT2D eigenvalue weighted by molar-refractivity contribution is 6.05. The highest BCUT2D eigenvalue weighted by Crippen LogP contribution is 2.56. The molecule has 2 saturated heterocycles. The standard InChI is InChI=1S/C40H49N3O8/c1-24(2)20-28(22-44)43-36-38(47)42(30-21-25(3)15-16-26(30)4)19-11-7-10-14-32(45)41-29(23-49-5)35(27-12-8-6-9-13-27)50-39(48)33-31-17-18-40(36,51-31)34(33)37(43)46/h6-9,11-13,15-18,21,24,28-29,31,33-36,44H,10,14,19-20,22-23H2,1-5H3,(H,41,45)/b11-7-/t28-,29-,31+,33-,34-,35-,36+,40-/m1/s1. The molecule has 0 aliphatic carbocycles. The van der Waals surface area contributed by atoms with Gasteiger partial charge < -0.3 is 34.4 Å². The number of esters is 1. The molecular formula is C40H49N3O8. The van der Waals surface area contributed by atoms with Crippen LogP contribution < -0.4 is 10.2 Å². The minimum atomic E-state index is -1.47. The number of aliphatic hydroxyl groups is 1. The molecule has 2 fully saturated rings. The molecule has 272 valence electrons. The van der Waals surface area contributed by atoms with Gasteiger partial charge in [0.25, 0.3) is 5.91 Å². The summed E-state index contributed by atoms with van der Waals surface area (Å²) in [7, 11) is 1.51. The van der Waals surface area contributed by atoms with Gasteiger partial charge in [-0.1, -0.05) is 80.6 Å². The molecule has 2 aromatic rings. The quantitative estimate of drug-likeness (QED) is 0.313. The molecular weight excluding hydrogens is 650 g/mol. The lowest BCUT2D eigenvalue weighted by Gasteiger charge is -2.39. The van der Waals surface area contributed by atoms with Gasteiger partial charge in [-0.15, -0.1) is 0 Å². The third-order valence-electron chi connectivity index (χ3n) is 10.5. The highest BCUT2D eigenvalue weighted by Gasteiger charge is 2.74. The number of likely N-dealkylation sites (tertiary alicyclic amines) is 1. The van der Waals surface area contributed by atoms with Crippen molar-refractivity contribution in [2.24, 2.45) is 17.8 Å². The SMILES string of the molecule is COC[C@H]1NC(=O)CC/C=C\CN(c2cc(C)ccc2C)C(=O)[C@@H]2N([C@@H](CO)CC(C)C)C(=O)[C@H]3[C@H](C(=O)O[C@@H]1c1ccccc1)[C@@H]1C=C[C@]23O1. The van der Waals surface area contributed by atoms with Gasteiger partial charge in [0.1, 0.15) is 23.7 Å². The summed E-state index contributed by atoms with van der Waals surface area (Å²) in [4.78, 5) is 61.0. The van der Waals surface area contributed by atoms with E-state index < -0.39 is 59.6 Å². The van der Waals surface area contributed by atoms with E-state index in [-0.39, 0.29) is 43.9 Å². The summed E-state index contributed by atoms with van der Waals surface area (Å²) in [5.41, 5.74) is 1.67. The van der Waals surface area contributed by atoms with Crippen LogP contribution in [0, 0.1) is 31.6 Å². The first-order chi connectivity index (χ1) is 24.5. The number of nitrogens with one attached hydrogen (secondary N) is 1. The fourth-order valence-corrected chi connectivity index (χ4v) is 8.24. The molecule has 0 saturated carbocycles. The molecule has 8 atom stereocenters. The Morgan fingerprint density at radius 1 is 1.04 bits per heavy atom. The molecule has 4 heterocycles. The molecule has 6 rings (SSSR count). The van der Waals surface area contributed by atoms with Crippen molar-refractivity contribution in [3.63, 3.8) is 0 Å². The number of ether oxygens (including phenoxy) is 3. The van der Waals surface area contributed by atoms with E-state index in [1.807, 2.05) is 88.4 Å². The van der Waals surface area contributed by atoms with E-state index in [9.17, 15) is 19.5 Å². The van der Waals surface area contributed by atoms with Crippen molar-refractivity contribution in [2.75, 3.05) is 31.8 Å². The fraction of sp³-hybridized carbons (Fsp3) is 0.500. The summed E-state index contributed by atoms with van der Waals surface area (Å²) in [6, 6.07) is 12.4. The lowest BCUT2D eigenvalue weighted by Crippen LogP contribution is -2.59. The molecule has 0 radical (unpaired) electrons. The van der Waals surface area contributed by atoms with E-state index in [2.05, 4.69) is 5.32 Å². The lowest BCUT2D eigenvalue weighted by atomic mass is 9.74. The molecule has 4 aliphatic rings. The smallest absolute Gasteiger partial charge is 0.313 e. The van der Waals surface area contributed by atoms with Gasteiger partial charge in [0.2, 0.25) is 11.8 Å². The number of allylic oxidation sites excluding steroid dienone is 1. The number of cyclic esters (lactones) is 1. The second-order valence-electron chi connectivity index (χ2n) is 14.6. The number of nitrogens with zero attached hydrogens (tertiary/aromatic N) is 2. The number of aryl methyl sites for hydroxylation is 2. The summed E-state index contributed by atoms with van der Waals surface area (Å²) in [5, 5.41) is 13.8. The first kappa shape index (κ1) is 36.5. The van der Waals surface area contributed by atoms with Crippen molar-refractivity contribution in [3.8, 4) is 0 Å². The lowest BCUT2D eigenvalue weighted by molar-refractivity contribution is -0.162. The number of fused-ring (bicyclic) bond motifs is 2. The van der Waals surface area contributed by atoms with Crippen LogP contribution in [-0.4, -0.2) is 90.4 Å². The van der Waals surface area contributed by atoms with E-state index in [1.54, 1.807) is 17.1 Å². The first-order valence-electron chi connectivity index (χ1n) is 17.9. The predicted molar refractivity (Wildman–Crippen MR) is 190 cm³/mol. The van der Waals surface area contributed by atoms with E-state index in [4.69, 9.17) is 14.2 Å². The Labute approximate surface area is 299 Å². The van der Waals surface area contributed by atoms with Crippen LogP contribution in [0.5, 0.6) is 0 Å². The summed E-state index contributed by atoms with van der Waals surface area (Å²) in [6.07, 6.45) is 6.48. The Morgan fingerprint density at radius 2 is 1.80 bits per heavy atom. The number of benzene rings is 2. The molecule has 11 heteroatoms. The third kappa shape index (κ3) is 6.86. The summed E-state index contributed by atoms with van der Waals surface area (Å²) >= 11 is 0. The number of aliphatic hydroxyl groups excluding tert-OH is 1. The van der Waals surface area contributed by atoms with Gasteiger partial charge in [0.15, 0.2) is 0 Å². The Morgan fingerprint density at radius 3 is 2.51 bits per heavy atom. The van der Waals surface area contributed by atoms with Crippen molar-refractivity contribution < 1.29 is 38.5 Å².